The van der Waals surface area contributed by atoms with E-state index in [1.807, 2.05) is 36.4 Å². The molecule has 0 aromatic heterocycles. The third-order valence-electron chi connectivity index (χ3n) is 3.06. The van der Waals surface area contributed by atoms with Crippen LogP contribution in [-0.4, -0.2) is 11.7 Å². The van der Waals surface area contributed by atoms with Crippen LogP contribution in [0, 0.1) is 0 Å². The molecule has 0 radical (unpaired) electrons. The summed E-state index contributed by atoms with van der Waals surface area (Å²) >= 11 is 13.3. The fourth-order valence-corrected chi connectivity index (χ4v) is 3.57. The minimum absolute atomic E-state index is 0.0727. The Kier molecular flexibility index (Phi) is 3.92. The van der Waals surface area contributed by atoms with Gasteiger partial charge in [0.25, 0.3) is 0 Å². The Morgan fingerprint density at radius 2 is 2.05 bits per heavy atom. The molecule has 2 nitrogen and oxygen atoms in total. The van der Waals surface area contributed by atoms with Gasteiger partial charge in [0.05, 0.1) is 11.4 Å². The fourth-order valence-electron chi connectivity index (χ4n) is 2.13. The number of carbonyl (C=O) groups is 1. The fraction of sp³-hybridized carbons (Fsp3) is 0.133. The smallest absolute Gasteiger partial charge is 0.165 e. The first-order valence-electron chi connectivity index (χ1n) is 6.15. The Morgan fingerprint density at radius 1 is 1.20 bits per heavy atom. The van der Waals surface area contributed by atoms with E-state index in [-0.39, 0.29) is 5.78 Å². The zero-order valence-electron chi connectivity index (χ0n) is 10.5. The van der Waals surface area contributed by atoms with E-state index in [1.165, 1.54) is 0 Å². The summed E-state index contributed by atoms with van der Waals surface area (Å²) in [7, 11) is 0. The van der Waals surface area contributed by atoms with E-state index in [0.29, 0.717) is 17.3 Å². The van der Waals surface area contributed by atoms with E-state index >= 15 is 0 Å². The Hall–Kier alpha value is -1.16. The lowest BCUT2D eigenvalue weighted by molar-refractivity contribution is 0.0986. The van der Waals surface area contributed by atoms with Gasteiger partial charge in [-0.05, 0) is 24.3 Å². The van der Waals surface area contributed by atoms with Gasteiger partial charge in [-0.15, -0.1) is 11.6 Å². The minimum atomic E-state index is 0.0727. The molecule has 0 fully saturated rings. The largest absolute Gasteiger partial charge is 0.354 e. The van der Waals surface area contributed by atoms with Crippen LogP contribution >= 0.6 is 35.0 Å². The molecule has 0 spiro atoms. The summed E-state index contributed by atoms with van der Waals surface area (Å²) in [6.45, 7) is 0. The summed E-state index contributed by atoms with van der Waals surface area (Å²) in [5.41, 5.74) is 2.63. The van der Waals surface area contributed by atoms with Crippen LogP contribution in [0.5, 0.6) is 0 Å². The number of hydrogen-bond donors (Lipinski definition) is 1. The maximum Gasteiger partial charge on any atom is 0.165 e. The number of hydrogen-bond acceptors (Lipinski definition) is 3. The van der Waals surface area contributed by atoms with Crippen molar-refractivity contribution in [3.8, 4) is 0 Å². The molecule has 20 heavy (non-hydrogen) atoms. The molecule has 1 N–H and O–H groups in total. The number of alkyl halides is 1. The lowest BCUT2D eigenvalue weighted by Crippen LogP contribution is -2.07. The molecule has 1 aliphatic heterocycles. The van der Waals surface area contributed by atoms with Crippen molar-refractivity contribution < 1.29 is 4.79 Å². The zero-order chi connectivity index (χ0) is 14.1. The molecule has 102 valence electrons. The predicted molar refractivity (Wildman–Crippen MR) is 85.0 cm³/mol. The highest BCUT2D eigenvalue weighted by molar-refractivity contribution is 7.99. The maximum atomic E-state index is 12.1. The van der Waals surface area contributed by atoms with Gasteiger partial charge in [0.15, 0.2) is 5.78 Å². The van der Waals surface area contributed by atoms with Crippen LogP contribution in [0.4, 0.5) is 11.4 Å². The number of Topliss-reactive ketones (excluding diaryl/α,β-unsaturated/α-hetero) is 1. The SMILES string of the molecule is O=C(CCCl)c1cccc2c1Sc1ccc(Cl)cc1N2. The summed E-state index contributed by atoms with van der Waals surface area (Å²) in [6, 6.07) is 11.4. The van der Waals surface area contributed by atoms with Crippen molar-refractivity contribution in [1.82, 2.24) is 0 Å². The number of rotatable bonds is 3. The topological polar surface area (TPSA) is 29.1 Å². The van der Waals surface area contributed by atoms with Crippen molar-refractivity contribution in [2.24, 2.45) is 0 Å². The Balaban J connectivity index is 2.03. The lowest BCUT2D eigenvalue weighted by atomic mass is 10.1. The third-order valence-corrected chi connectivity index (χ3v) is 4.70. The molecule has 2 aromatic rings. The second-order valence-corrected chi connectivity index (χ2v) is 6.28. The monoisotopic (exact) mass is 323 g/mol. The molecule has 0 atom stereocenters. The van der Waals surface area contributed by atoms with Crippen LogP contribution < -0.4 is 5.32 Å². The normalized spacial score (nSPS) is 12.3. The molecular formula is C15H11Cl2NOS. The van der Waals surface area contributed by atoms with Gasteiger partial charge in [-0.2, -0.15) is 0 Å². The standard InChI is InChI=1S/C15H11Cl2NOS/c16-7-6-13(19)10-2-1-3-11-15(10)20-14-5-4-9(17)8-12(14)18-11/h1-5,8,18H,6-7H2. The molecular weight excluding hydrogens is 313 g/mol. The van der Waals surface area contributed by atoms with E-state index in [9.17, 15) is 4.79 Å². The summed E-state index contributed by atoms with van der Waals surface area (Å²) in [6.07, 6.45) is 0.353. The quantitative estimate of drug-likeness (QED) is 0.519. The Morgan fingerprint density at radius 3 is 2.85 bits per heavy atom. The van der Waals surface area contributed by atoms with Gasteiger partial charge in [-0.3, -0.25) is 4.79 Å². The molecule has 0 saturated carbocycles. The molecule has 0 aliphatic carbocycles. The van der Waals surface area contributed by atoms with Crippen molar-refractivity contribution in [3.63, 3.8) is 0 Å². The molecule has 5 heteroatoms. The molecule has 2 aromatic carbocycles. The van der Waals surface area contributed by atoms with Gasteiger partial charge in [0.2, 0.25) is 0 Å². The number of ketones is 1. The average molecular weight is 324 g/mol. The third kappa shape index (κ3) is 2.53. The number of nitrogens with one attached hydrogen (secondary N) is 1. The number of anilines is 2. The first-order chi connectivity index (χ1) is 9.69. The van der Waals surface area contributed by atoms with Gasteiger partial charge in [0, 0.05) is 32.7 Å². The van der Waals surface area contributed by atoms with Gasteiger partial charge < -0.3 is 5.32 Å². The van der Waals surface area contributed by atoms with E-state index in [2.05, 4.69) is 5.32 Å². The van der Waals surface area contributed by atoms with Crippen LogP contribution in [0.15, 0.2) is 46.2 Å². The average Bonchev–Trinajstić information content (AvgIpc) is 2.44. The van der Waals surface area contributed by atoms with Gasteiger partial charge in [0.1, 0.15) is 0 Å². The summed E-state index contributed by atoms with van der Waals surface area (Å²) in [5.74, 6) is 0.413. The van der Waals surface area contributed by atoms with Gasteiger partial charge >= 0.3 is 0 Å². The molecule has 0 unspecified atom stereocenters. The van der Waals surface area contributed by atoms with E-state index in [0.717, 1.165) is 26.7 Å². The predicted octanol–water partition coefficient (Wildman–Crippen LogP) is 5.36. The number of benzene rings is 2. The van der Waals surface area contributed by atoms with Gasteiger partial charge in [-0.25, -0.2) is 0 Å². The number of carbonyl (C=O) groups excluding carboxylic acids is 1. The highest BCUT2D eigenvalue weighted by Crippen LogP contribution is 2.46. The van der Waals surface area contributed by atoms with Crippen LogP contribution in [0.2, 0.25) is 5.02 Å². The second-order valence-electron chi connectivity index (χ2n) is 4.41. The molecule has 1 aliphatic rings. The second kappa shape index (κ2) is 5.68. The summed E-state index contributed by atoms with van der Waals surface area (Å²) < 4.78 is 0. The first-order valence-corrected chi connectivity index (χ1v) is 7.88. The molecule has 0 amide bonds. The number of fused-ring (bicyclic) bond motifs is 2. The highest BCUT2D eigenvalue weighted by atomic mass is 35.5. The molecule has 1 heterocycles. The van der Waals surface area contributed by atoms with Crippen molar-refractivity contribution in [1.29, 1.82) is 0 Å². The Labute approximate surface area is 131 Å². The zero-order valence-corrected chi connectivity index (χ0v) is 12.8. The minimum Gasteiger partial charge on any atom is -0.354 e. The van der Waals surface area contributed by atoms with E-state index in [1.54, 1.807) is 11.8 Å². The molecule has 0 bridgehead atoms. The molecule has 0 saturated heterocycles. The van der Waals surface area contributed by atoms with Crippen LogP contribution in [0.1, 0.15) is 16.8 Å². The summed E-state index contributed by atoms with van der Waals surface area (Å²) in [4.78, 5) is 14.2. The van der Waals surface area contributed by atoms with E-state index < -0.39 is 0 Å². The highest BCUT2D eigenvalue weighted by Gasteiger charge is 2.21. The Bertz CT molecular complexity index is 688. The van der Waals surface area contributed by atoms with Crippen molar-refractivity contribution >= 4 is 52.1 Å². The number of halogens is 2. The first kappa shape index (κ1) is 13.8. The molecule has 3 rings (SSSR count). The van der Waals surface area contributed by atoms with E-state index in [4.69, 9.17) is 23.2 Å². The van der Waals surface area contributed by atoms with Crippen molar-refractivity contribution in [2.75, 3.05) is 11.2 Å². The van der Waals surface area contributed by atoms with Crippen molar-refractivity contribution in [2.45, 2.75) is 16.2 Å². The van der Waals surface area contributed by atoms with Crippen LogP contribution in [-0.2, 0) is 0 Å². The summed E-state index contributed by atoms with van der Waals surface area (Å²) in [5, 5.41) is 4.02. The lowest BCUT2D eigenvalue weighted by Gasteiger charge is -2.22. The van der Waals surface area contributed by atoms with Crippen LogP contribution in [0.25, 0.3) is 0 Å². The van der Waals surface area contributed by atoms with Crippen LogP contribution in [0.3, 0.4) is 0 Å². The van der Waals surface area contributed by atoms with Crippen molar-refractivity contribution in [3.05, 3.63) is 47.0 Å². The van der Waals surface area contributed by atoms with Gasteiger partial charge in [-0.1, -0.05) is 35.5 Å². The maximum absolute atomic E-state index is 12.1.